The molecule has 1 amide bonds. The van der Waals surface area contributed by atoms with Gasteiger partial charge in [0.05, 0.1) is 0 Å². The Balaban J connectivity index is 2.09. The highest BCUT2D eigenvalue weighted by atomic mass is 79.9. The standard InChI is InChI=1S/C13H20BrN3O3/c1-13(2,3)20-12(18)15-10-8-9(14)16-17(10)11-6-4-5-7-19-11/h8,11H,4-7H2,1-3H3,(H,15,18). The zero-order valence-electron chi connectivity index (χ0n) is 12.0. The van der Waals surface area contributed by atoms with E-state index in [-0.39, 0.29) is 6.23 Å². The van der Waals surface area contributed by atoms with Crippen LogP contribution in [-0.2, 0) is 9.47 Å². The molecule has 1 unspecified atom stereocenters. The van der Waals surface area contributed by atoms with Crippen LogP contribution in [0.25, 0.3) is 0 Å². The van der Waals surface area contributed by atoms with Crippen molar-refractivity contribution < 1.29 is 14.3 Å². The molecule has 0 aliphatic carbocycles. The molecule has 20 heavy (non-hydrogen) atoms. The molecular formula is C13H20BrN3O3. The largest absolute Gasteiger partial charge is 0.444 e. The molecule has 2 rings (SSSR count). The fourth-order valence-corrected chi connectivity index (χ4v) is 2.39. The number of hydrogen-bond donors (Lipinski definition) is 1. The number of nitrogens with one attached hydrogen (secondary N) is 1. The molecule has 2 heterocycles. The Hall–Kier alpha value is -1.08. The number of amides is 1. The molecule has 7 heteroatoms. The van der Waals surface area contributed by atoms with E-state index in [0.29, 0.717) is 17.0 Å². The lowest BCUT2D eigenvalue weighted by atomic mass is 10.2. The number of carbonyl (C=O) groups excluding carboxylic acids is 1. The van der Waals surface area contributed by atoms with Crippen LogP contribution in [0, 0.1) is 0 Å². The summed E-state index contributed by atoms with van der Waals surface area (Å²) in [5.74, 6) is 0.568. The summed E-state index contributed by atoms with van der Waals surface area (Å²) in [4.78, 5) is 11.8. The van der Waals surface area contributed by atoms with Crippen molar-refractivity contribution in [3.05, 3.63) is 10.7 Å². The molecule has 1 aromatic heterocycles. The monoisotopic (exact) mass is 345 g/mol. The van der Waals surface area contributed by atoms with Crippen molar-refractivity contribution in [1.82, 2.24) is 9.78 Å². The second-order valence-corrected chi connectivity index (χ2v) is 6.56. The Labute approximate surface area is 126 Å². The van der Waals surface area contributed by atoms with E-state index in [4.69, 9.17) is 9.47 Å². The Morgan fingerprint density at radius 2 is 2.30 bits per heavy atom. The van der Waals surface area contributed by atoms with Gasteiger partial charge in [-0.3, -0.25) is 5.32 Å². The number of rotatable bonds is 2. The lowest BCUT2D eigenvalue weighted by Crippen LogP contribution is -2.29. The van der Waals surface area contributed by atoms with Gasteiger partial charge in [-0.1, -0.05) is 0 Å². The normalized spacial score (nSPS) is 19.7. The number of aromatic nitrogens is 2. The molecule has 0 aromatic carbocycles. The van der Waals surface area contributed by atoms with E-state index in [9.17, 15) is 4.79 Å². The molecule has 0 bridgehead atoms. The van der Waals surface area contributed by atoms with E-state index in [1.165, 1.54) is 0 Å². The van der Waals surface area contributed by atoms with E-state index in [1.54, 1.807) is 10.7 Å². The topological polar surface area (TPSA) is 65.4 Å². The smallest absolute Gasteiger partial charge is 0.413 e. The average molecular weight is 346 g/mol. The third kappa shape index (κ3) is 4.21. The maximum Gasteiger partial charge on any atom is 0.413 e. The molecule has 1 aliphatic heterocycles. The Kier molecular flexibility index (Phi) is 4.70. The van der Waals surface area contributed by atoms with Crippen molar-refractivity contribution in [2.45, 2.75) is 51.9 Å². The maximum absolute atomic E-state index is 11.8. The van der Waals surface area contributed by atoms with Crippen molar-refractivity contribution in [1.29, 1.82) is 0 Å². The quantitative estimate of drug-likeness (QED) is 0.887. The maximum atomic E-state index is 11.8. The minimum atomic E-state index is -0.534. The summed E-state index contributed by atoms with van der Waals surface area (Å²) in [5, 5.41) is 7.04. The molecule has 0 radical (unpaired) electrons. The van der Waals surface area contributed by atoms with Gasteiger partial charge < -0.3 is 9.47 Å². The highest BCUT2D eigenvalue weighted by Crippen LogP contribution is 2.27. The number of carbonyl (C=O) groups is 1. The molecule has 1 N–H and O–H groups in total. The van der Waals surface area contributed by atoms with Crippen molar-refractivity contribution in [3.8, 4) is 0 Å². The van der Waals surface area contributed by atoms with E-state index in [0.717, 1.165) is 19.3 Å². The van der Waals surface area contributed by atoms with Gasteiger partial charge in [-0.2, -0.15) is 5.10 Å². The molecule has 1 atom stereocenters. The predicted octanol–water partition coefficient (Wildman–Crippen LogP) is 3.69. The predicted molar refractivity (Wildman–Crippen MR) is 78.6 cm³/mol. The lowest BCUT2D eigenvalue weighted by molar-refractivity contribution is -0.0383. The van der Waals surface area contributed by atoms with Gasteiger partial charge in [0.2, 0.25) is 0 Å². The molecule has 1 saturated heterocycles. The minimum Gasteiger partial charge on any atom is -0.444 e. The van der Waals surface area contributed by atoms with Gasteiger partial charge in [0.1, 0.15) is 16.0 Å². The molecule has 112 valence electrons. The van der Waals surface area contributed by atoms with E-state index >= 15 is 0 Å². The van der Waals surface area contributed by atoms with Crippen molar-refractivity contribution in [2.24, 2.45) is 0 Å². The zero-order chi connectivity index (χ0) is 14.8. The van der Waals surface area contributed by atoms with Gasteiger partial charge >= 0.3 is 6.09 Å². The van der Waals surface area contributed by atoms with Crippen LogP contribution < -0.4 is 5.32 Å². The van der Waals surface area contributed by atoms with Crippen LogP contribution in [0.5, 0.6) is 0 Å². The van der Waals surface area contributed by atoms with Crippen LogP contribution in [-0.4, -0.2) is 28.1 Å². The molecule has 0 saturated carbocycles. The van der Waals surface area contributed by atoms with Crippen LogP contribution in [0.15, 0.2) is 10.7 Å². The minimum absolute atomic E-state index is 0.139. The van der Waals surface area contributed by atoms with Gasteiger partial charge in [0.15, 0.2) is 6.23 Å². The van der Waals surface area contributed by atoms with Crippen LogP contribution in [0.4, 0.5) is 10.6 Å². The summed E-state index contributed by atoms with van der Waals surface area (Å²) < 4.78 is 13.3. The summed E-state index contributed by atoms with van der Waals surface area (Å²) in [5.41, 5.74) is -0.534. The summed E-state index contributed by atoms with van der Waals surface area (Å²) in [6.07, 6.45) is 2.40. The number of nitrogens with zero attached hydrogens (tertiary/aromatic N) is 2. The fourth-order valence-electron chi connectivity index (χ4n) is 2.00. The first-order chi connectivity index (χ1) is 9.35. The molecular weight excluding hydrogens is 326 g/mol. The molecule has 1 aliphatic rings. The second-order valence-electron chi connectivity index (χ2n) is 5.74. The van der Waals surface area contributed by atoms with Crippen molar-refractivity contribution in [3.63, 3.8) is 0 Å². The average Bonchev–Trinajstić information content (AvgIpc) is 2.68. The van der Waals surface area contributed by atoms with Crippen molar-refractivity contribution in [2.75, 3.05) is 11.9 Å². The van der Waals surface area contributed by atoms with E-state index < -0.39 is 11.7 Å². The van der Waals surface area contributed by atoms with Gasteiger partial charge in [-0.15, -0.1) is 0 Å². The SMILES string of the molecule is CC(C)(C)OC(=O)Nc1cc(Br)nn1C1CCCCO1. The van der Waals surface area contributed by atoms with Crippen LogP contribution in [0.1, 0.15) is 46.3 Å². The second kappa shape index (κ2) is 6.13. The molecule has 6 nitrogen and oxygen atoms in total. The Bertz CT molecular complexity index is 476. The van der Waals surface area contributed by atoms with Crippen molar-refractivity contribution >= 4 is 27.8 Å². The van der Waals surface area contributed by atoms with Gasteiger partial charge in [-0.25, -0.2) is 9.48 Å². The zero-order valence-corrected chi connectivity index (χ0v) is 13.6. The molecule has 1 fully saturated rings. The van der Waals surface area contributed by atoms with Gasteiger partial charge in [0, 0.05) is 12.7 Å². The number of anilines is 1. The van der Waals surface area contributed by atoms with Crippen LogP contribution in [0.2, 0.25) is 0 Å². The van der Waals surface area contributed by atoms with Gasteiger partial charge in [-0.05, 0) is 56.0 Å². The van der Waals surface area contributed by atoms with E-state index in [1.807, 2.05) is 20.8 Å². The first kappa shape index (κ1) is 15.3. The first-order valence-corrected chi connectivity index (χ1v) is 7.51. The highest BCUT2D eigenvalue weighted by molar-refractivity contribution is 9.10. The van der Waals surface area contributed by atoms with E-state index in [2.05, 4.69) is 26.3 Å². The third-order valence-electron chi connectivity index (χ3n) is 2.76. The van der Waals surface area contributed by atoms with Gasteiger partial charge in [0.25, 0.3) is 0 Å². The molecule has 0 spiro atoms. The number of ether oxygens (including phenoxy) is 2. The summed E-state index contributed by atoms with van der Waals surface area (Å²) in [6.45, 7) is 6.19. The van der Waals surface area contributed by atoms with Crippen LogP contribution in [0.3, 0.4) is 0 Å². The Morgan fingerprint density at radius 3 is 2.90 bits per heavy atom. The third-order valence-corrected chi connectivity index (χ3v) is 3.15. The van der Waals surface area contributed by atoms with Crippen LogP contribution >= 0.6 is 15.9 Å². The first-order valence-electron chi connectivity index (χ1n) is 6.72. The Morgan fingerprint density at radius 1 is 1.55 bits per heavy atom. The molecule has 1 aromatic rings. The highest BCUT2D eigenvalue weighted by Gasteiger charge is 2.23. The fraction of sp³-hybridized carbons (Fsp3) is 0.692. The number of hydrogen-bond acceptors (Lipinski definition) is 4. The lowest BCUT2D eigenvalue weighted by Gasteiger charge is -2.25. The summed E-state index contributed by atoms with van der Waals surface area (Å²) in [6, 6.07) is 1.74. The number of halogens is 1. The summed E-state index contributed by atoms with van der Waals surface area (Å²) >= 11 is 3.32. The summed E-state index contributed by atoms with van der Waals surface area (Å²) in [7, 11) is 0.